The molecule has 0 bridgehead atoms. The molecule has 0 spiro atoms. The Labute approximate surface area is 135 Å². The van der Waals surface area contributed by atoms with E-state index in [4.69, 9.17) is 0 Å². The fourth-order valence-electron chi connectivity index (χ4n) is 2.91. The Balaban J connectivity index is 1.66. The zero-order valence-electron chi connectivity index (χ0n) is 13.6. The largest absolute Gasteiger partial charge is 0.354 e. The number of hydrogen-bond acceptors (Lipinski definition) is 5. The highest BCUT2D eigenvalue weighted by Gasteiger charge is 2.23. The van der Waals surface area contributed by atoms with Crippen LogP contribution in [0.15, 0.2) is 24.7 Å². The summed E-state index contributed by atoms with van der Waals surface area (Å²) in [6.45, 7) is 3.81. The van der Waals surface area contributed by atoms with Crippen molar-refractivity contribution in [2.45, 2.75) is 32.2 Å². The Hall–Kier alpha value is -2.44. The van der Waals surface area contributed by atoms with E-state index in [0.717, 1.165) is 43.9 Å². The molecule has 1 amide bonds. The van der Waals surface area contributed by atoms with E-state index in [9.17, 15) is 4.79 Å². The minimum absolute atomic E-state index is 0.0752. The molecule has 2 aromatic rings. The summed E-state index contributed by atoms with van der Waals surface area (Å²) in [6.07, 6.45) is 6.15. The highest BCUT2D eigenvalue weighted by atomic mass is 16.2. The van der Waals surface area contributed by atoms with Crippen molar-refractivity contribution in [3.05, 3.63) is 36.0 Å². The maximum Gasteiger partial charge on any atom is 0.269 e. The van der Waals surface area contributed by atoms with Crippen molar-refractivity contribution >= 4 is 11.7 Å². The molecule has 23 heavy (non-hydrogen) atoms. The van der Waals surface area contributed by atoms with Crippen molar-refractivity contribution in [2.75, 3.05) is 18.0 Å². The van der Waals surface area contributed by atoms with Gasteiger partial charge in [-0.3, -0.25) is 9.48 Å². The molecule has 1 aliphatic rings. The zero-order valence-corrected chi connectivity index (χ0v) is 13.6. The normalized spacial score (nSPS) is 18.0. The van der Waals surface area contributed by atoms with Gasteiger partial charge in [-0.05, 0) is 25.3 Å². The lowest BCUT2D eigenvalue weighted by Gasteiger charge is -2.34. The first-order valence-electron chi connectivity index (χ1n) is 8.02. The highest BCUT2D eigenvalue weighted by Crippen LogP contribution is 2.18. The van der Waals surface area contributed by atoms with Crippen LogP contribution in [0.4, 0.5) is 5.82 Å². The van der Waals surface area contributed by atoms with Gasteiger partial charge in [-0.2, -0.15) is 5.10 Å². The third kappa shape index (κ3) is 3.49. The Morgan fingerprint density at radius 2 is 2.30 bits per heavy atom. The van der Waals surface area contributed by atoms with E-state index in [1.165, 1.54) is 0 Å². The molecular weight excluding hydrogens is 292 g/mol. The molecule has 1 atom stereocenters. The topological polar surface area (TPSA) is 75.9 Å². The third-order valence-corrected chi connectivity index (χ3v) is 4.21. The molecule has 0 aliphatic carbocycles. The molecule has 3 heterocycles. The molecular formula is C16H22N6O. The van der Waals surface area contributed by atoms with Crippen molar-refractivity contribution in [2.24, 2.45) is 7.05 Å². The number of nitrogens with one attached hydrogen (secondary N) is 1. The van der Waals surface area contributed by atoms with Crippen LogP contribution in [0, 0.1) is 0 Å². The fraction of sp³-hybridized carbons (Fsp3) is 0.500. The zero-order chi connectivity index (χ0) is 16.2. The number of piperidine rings is 1. The van der Waals surface area contributed by atoms with Gasteiger partial charge < -0.3 is 10.2 Å². The molecule has 1 fully saturated rings. The van der Waals surface area contributed by atoms with Gasteiger partial charge in [0.2, 0.25) is 0 Å². The summed E-state index contributed by atoms with van der Waals surface area (Å²) in [6, 6.07) is 3.88. The van der Waals surface area contributed by atoms with Crippen LogP contribution < -0.4 is 10.2 Å². The lowest BCUT2D eigenvalue weighted by molar-refractivity contribution is 0.0923. The average Bonchev–Trinajstić information content (AvgIpc) is 3.01. The van der Waals surface area contributed by atoms with Gasteiger partial charge in [0.25, 0.3) is 5.91 Å². The summed E-state index contributed by atoms with van der Waals surface area (Å²) in [4.78, 5) is 23.2. The maximum absolute atomic E-state index is 12.3. The lowest BCUT2D eigenvalue weighted by atomic mass is 10.1. The summed E-state index contributed by atoms with van der Waals surface area (Å²) in [5.74, 6) is 0.866. The van der Waals surface area contributed by atoms with E-state index in [1.807, 2.05) is 6.07 Å². The molecule has 1 aliphatic heterocycles. The number of rotatable bonds is 4. The highest BCUT2D eigenvalue weighted by molar-refractivity contribution is 5.92. The Morgan fingerprint density at radius 3 is 3.04 bits per heavy atom. The van der Waals surface area contributed by atoms with Gasteiger partial charge in [0.05, 0.1) is 0 Å². The molecule has 7 heteroatoms. The molecule has 122 valence electrons. The third-order valence-electron chi connectivity index (χ3n) is 4.21. The molecule has 2 aromatic heterocycles. The summed E-state index contributed by atoms with van der Waals surface area (Å²) in [5.41, 5.74) is 1.62. The van der Waals surface area contributed by atoms with Gasteiger partial charge in [0, 0.05) is 44.1 Å². The number of amides is 1. The Kier molecular flexibility index (Phi) is 4.55. The summed E-state index contributed by atoms with van der Waals surface area (Å²) < 4.78 is 1.59. The Morgan fingerprint density at radius 1 is 1.43 bits per heavy atom. The molecule has 0 aromatic carbocycles. The molecule has 0 radical (unpaired) electrons. The number of carbonyl (C=O) groups is 1. The first-order valence-corrected chi connectivity index (χ1v) is 8.02. The van der Waals surface area contributed by atoms with Crippen LogP contribution in [0.5, 0.6) is 0 Å². The second kappa shape index (κ2) is 6.76. The van der Waals surface area contributed by atoms with Crippen LogP contribution >= 0.6 is 0 Å². The van der Waals surface area contributed by atoms with Crippen molar-refractivity contribution in [3.63, 3.8) is 0 Å². The first kappa shape index (κ1) is 15.5. The molecule has 1 saturated heterocycles. The minimum atomic E-state index is -0.0752. The number of anilines is 1. The van der Waals surface area contributed by atoms with E-state index in [1.54, 1.807) is 30.3 Å². The number of hydrogen-bond donors (Lipinski definition) is 1. The van der Waals surface area contributed by atoms with Crippen molar-refractivity contribution in [1.82, 2.24) is 25.1 Å². The van der Waals surface area contributed by atoms with Gasteiger partial charge in [0.15, 0.2) is 0 Å². The number of aryl methyl sites for hydroxylation is 2. The van der Waals surface area contributed by atoms with Crippen LogP contribution in [0.1, 0.15) is 35.9 Å². The number of aromatic nitrogens is 4. The average molecular weight is 314 g/mol. The van der Waals surface area contributed by atoms with Crippen LogP contribution in [-0.2, 0) is 13.5 Å². The van der Waals surface area contributed by atoms with Crippen molar-refractivity contribution in [3.8, 4) is 0 Å². The summed E-state index contributed by atoms with van der Waals surface area (Å²) in [5, 5.41) is 7.15. The van der Waals surface area contributed by atoms with E-state index in [2.05, 4.69) is 32.2 Å². The first-order chi connectivity index (χ1) is 11.2. The fourth-order valence-corrected chi connectivity index (χ4v) is 2.91. The van der Waals surface area contributed by atoms with Crippen LogP contribution in [0.3, 0.4) is 0 Å². The second-order valence-corrected chi connectivity index (χ2v) is 5.82. The van der Waals surface area contributed by atoms with Gasteiger partial charge in [-0.15, -0.1) is 0 Å². The Bertz CT molecular complexity index is 683. The van der Waals surface area contributed by atoms with Gasteiger partial charge >= 0.3 is 0 Å². The number of carbonyl (C=O) groups excluding carboxylic acids is 1. The van der Waals surface area contributed by atoms with Crippen LogP contribution in [0.2, 0.25) is 0 Å². The predicted octanol–water partition coefficient (Wildman–Crippen LogP) is 1.17. The minimum Gasteiger partial charge on any atom is -0.354 e. The van der Waals surface area contributed by atoms with Gasteiger partial charge in [0.1, 0.15) is 17.8 Å². The standard InChI is InChI=1S/C16H22N6O/c1-3-12-9-15(18-11-17-12)22-8-4-5-13(10-22)20-16(23)14-6-7-19-21(14)2/h6-7,9,11,13H,3-5,8,10H2,1-2H3,(H,20,23). The quantitative estimate of drug-likeness (QED) is 0.917. The summed E-state index contributed by atoms with van der Waals surface area (Å²) in [7, 11) is 1.77. The molecule has 1 N–H and O–H groups in total. The SMILES string of the molecule is CCc1cc(N2CCCC(NC(=O)c3ccnn3C)C2)ncn1. The van der Waals surface area contributed by atoms with Crippen LogP contribution in [-0.4, -0.2) is 44.8 Å². The molecule has 1 unspecified atom stereocenters. The second-order valence-electron chi connectivity index (χ2n) is 5.82. The summed E-state index contributed by atoms with van der Waals surface area (Å²) >= 11 is 0. The van der Waals surface area contributed by atoms with E-state index in [0.29, 0.717) is 5.69 Å². The molecule has 3 rings (SSSR count). The predicted molar refractivity (Wildman–Crippen MR) is 87.3 cm³/mol. The van der Waals surface area contributed by atoms with E-state index >= 15 is 0 Å². The van der Waals surface area contributed by atoms with Crippen molar-refractivity contribution in [1.29, 1.82) is 0 Å². The van der Waals surface area contributed by atoms with Gasteiger partial charge in [-0.25, -0.2) is 9.97 Å². The monoisotopic (exact) mass is 314 g/mol. The molecule has 7 nitrogen and oxygen atoms in total. The van der Waals surface area contributed by atoms with Gasteiger partial charge in [-0.1, -0.05) is 6.92 Å². The number of nitrogens with zero attached hydrogens (tertiary/aromatic N) is 5. The van der Waals surface area contributed by atoms with E-state index in [-0.39, 0.29) is 11.9 Å². The smallest absolute Gasteiger partial charge is 0.269 e. The van der Waals surface area contributed by atoms with Crippen molar-refractivity contribution < 1.29 is 4.79 Å². The van der Waals surface area contributed by atoms with E-state index < -0.39 is 0 Å². The molecule has 0 saturated carbocycles. The van der Waals surface area contributed by atoms with Crippen LogP contribution in [0.25, 0.3) is 0 Å². The maximum atomic E-state index is 12.3. The lowest BCUT2D eigenvalue weighted by Crippen LogP contribution is -2.48.